The number of methoxy groups -OCH3 is 2. The monoisotopic (exact) mass is 318 g/mol. The zero-order valence-electron chi connectivity index (χ0n) is 11.3. The third kappa shape index (κ3) is 3.24. The van der Waals surface area contributed by atoms with Gasteiger partial charge in [0.2, 0.25) is 5.75 Å². The van der Waals surface area contributed by atoms with Crippen molar-refractivity contribution in [3.8, 4) is 17.6 Å². The fourth-order valence-corrected chi connectivity index (χ4v) is 1.38. The molecule has 2 heterocycles. The van der Waals surface area contributed by atoms with Gasteiger partial charge in [-0.1, -0.05) is 0 Å². The molecule has 0 saturated heterocycles. The molecule has 22 heavy (non-hydrogen) atoms. The van der Waals surface area contributed by atoms with Crippen molar-refractivity contribution in [1.29, 1.82) is 0 Å². The molecular weight excluding hydrogens is 309 g/mol. The van der Waals surface area contributed by atoms with E-state index >= 15 is 0 Å². The van der Waals surface area contributed by atoms with Crippen molar-refractivity contribution in [3.05, 3.63) is 23.7 Å². The minimum Gasteiger partial charge on any atom is -0.478 e. The second-order valence-corrected chi connectivity index (χ2v) is 3.78. The van der Waals surface area contributed by atoms with E-state index in [0.29, 0.717) is 6.07 Å². The first-order chi connectivity index (χ1) is 10.3. The molecule has 0 unspecified atom stereocenters. The van der Waals surface area contributed by atoms with E-state index in [-0.39, 0.29) is 17.6 Å². The average molecular weight is 318 g/mol. The molecule has 0 spiro atoms. The van der Waals surface area contributed by atoms with Gasteiger partial charge >= 0.3 is 18.2 Å². The summed E-state index contributed by atoms with van der Waals surface area (Å²) in [5, 5.41) is 4.94. The molecule has 0 saturated carbocycles. The number of esters is 1. The Labute approximate surface area is 121 Å². The lowest BCUT2D eigenvalue weighted by atomic mass is 10.3. The third-order valence-electron chi connectivity index (χ3n) is 2.37. The van der Waals surface area contributed by atoms with Gasteiger partial charge in [0.05, 0.1) is 20.4 Å². The molecule has 0 bridgehead atoms. The zero-order chi connectivity index (χ0) is 16.3. The predicted molar refractivity (Wildman–Crippen MR) is 63.7 cm³/mol. The molecule has 0 atom stereocenters. The molecule has 0 aromatic carbocycles. The molecule has 0 aliphatic rings. The van der Waals surface area contributed by atoms with E-state index in [1.807, 2.05) is 0 Å². The first kappa shape index (κ1) is 15.5. The summed E-state index contributed by atoms with van der Waals surface area (Å²) in [6.45, 7) is 0. The number of nitrogens with one attached hydrogen (secondary N) is 1. The molecule has 11 heteroatoms. The van der Waals surface area contributed by atoms with Gasteiger partial charge in [-0.2, -0.15) is 28.2 Å². The lowest BCUT2D eigenvalue weighted by molar-refractivity contribution is -0.141. The molecule has 8 nitrogen and oxygen atoms in total. The molecule has 1 N–H and O–H groups in total. The van der Waals surface area contributed by atoms with Crippen LogP contribution in [0.2, 0.25) is 0 Å². The van der Waals surface area contributed by atoms with Gasteiger partial charge in [0, 0.05) is 6.07 Å². The molecule has 0 radical (unpaired) electrons. The quantitative estimate of drug-likeness (QED) is 0.852. The van der Waals surface area contributed by atoms with Crippen LogP contribution >= 0.6 is 0 Å². The zero-order valence-corrected chi connectivity index (χ0v) is 11.3. The van der Waals surface area contributed by atoms with Gasteiger partial charge in [-0.05, 0) is 0 Å². The van der Waals surface area contributed by atoms with Gasteiger partial charge in [-0.3, -0.25) is 5.10 Å². The summed E-state index contributed by atoms with van der Waals surface area (Å²) < 4.78 is 51.7. The lowest BCUT2D eigenvalue weighted by Gasteiger charge is -2.07. The van der Waals surface area contributed by atoms with Crippen molar-refractivity contribution in [2.45, 2.75) is 6.18 Å². The molecule has 2 aromatic rings. The fourth-order valence-electron chi connectivity index (χ4n) is 1.38. The number of alkyl halides is 3. The summed E-state index contributed by atoms with van der Waals surface area (Å²) in [6.07, 6.45) is -3.56. The standard InChI is InChI=1S/C11H9F3N4O4/c1-20-8-6(4-15-10(16-8)21-2)22-9(19)5-3-7(18-17-5)11(12,13)14/h3-4H,1-2H3,(H,17,18). The maximum absolute atomic E-state index is 12.4. The van der Waals surface area contributed by atoms with Crippen LogP contribution in [0.1, 0.15) is 16.2 Å². The second-order valence-electron chi connectivity index (χ2n) is 3.78. The number of hydrogen-bond donors (Lipinski definition) is 1. The average Bonchev–Trinajstić information content (AvgIpc) is 2.97. The Kier molecular flexibility index (Phi) is 4.15. The lowest BCUT2D eigenvalue weighted by Crippen LogP contribution is -2.11. The van der Waals surface area contributed by atoms with E-state index in [2.05, 4.69) is 15.1 Å². The summed E-state index contributed by atoms with van der Waals surface area (Å²) in [4.78, 5) is 19.2. The third-order valence-corrected chi connectivity index (χ3v) is 2.37. The molecular formula is C11H9F3N4O4. The van der Waals surface area contributed by atoms with Crippen molar-refractivity contribution in [3.63, 3.8) is 0 Å². The highest BCUT2D eigenvalue weighted by molar-refractivity contribution is 5.89. The Bertz CT molecular complexity index is 686. The fraction of sp³-hybridized carbons (Fsp3) is 0.273. The maximum atomic E-state index is 12.4. The number of rotatable bonds is 4. The van der Waals surface area contributed by atoms with Gasteiger partial charge < -0.3 is 14.2 Å². The highest BCUT2D eigenvalue weighted by Gasteiger charge is 2.34. The van der Waals surface area contributed by atoms with Gasteiger partial charge in [0.25, 0.3) is 5.88 Å². The summed E-state index contributed by atoms with van der Waals surface area (Å²) in [7, 11) is 2.58. The summed E-state index contributed by atoms with van der Waals surface area (Å²) in [6, 6.07) is 0.495. The van der Waals surface area contributed by atoms with Crippen LogP contribution in [0, 0.1) is 0 Å². The van der Waals surface area contributed by atoms with E-state index in [9.17, 15) is 18.0 Å². The minimum atomic E-state index is -4.65. The number of halogens is 3. The van der Waals surface area contributed by atoms with Gasteiger partial charge in [0.15, 0.2) is 5.69 Å². The number of ether oxygens (including phenoxy) is 3. The molecule has 2 rings (SSSR count). The number of H-pyrrole nitrogens is 1. The van der Waals surface area contributed by atoms with Crippen LogP contribution in [0.5, 0.6) is 17.6 Å². The number of carbonyl (C=O) groups is 1. The van der Waals surface area contributed by atoms with Crippen LogP contribution in [-0.4, -0.2) is 40.4 Å². The van der Waals surface area contributed by atoms with Crippen LogP contribution in [0.25, 0.3) is 0 Å². The van der Waals surface area contributed by atoms with E-state index in [0.717, 1.165) is 6.20 Å². The molecule has 0 amide bonds. The minimum absolute atomic E-state index is 0.0317. The summed E-state index contributed by atoms with van der Waals surface area (Å²) in [5.41, 5.74) is -1.72. The number of nitrogens with zero attached hydrogens (tertiary/aromatic N) is 3. The number of hydrogen-bond acceptors (Lipinski definition) is 7. The highest BCUT2D eigenvalue weighted by atomic mass is 19.4. The molecule has 118 valence electrons. The van der Waals surface area contributed by atoms with Gasteiger partial charge in [-0.25, -0.2) is 4.79 Å². The smallest absolute Gasteiger partial charge is 0.432 e. The van der Waals surface area contributed by atoms with Crippen LogP contribution in [0.15, 0.2) is 12.3 Å². The largest absolute Gasteiger partial charge is 0.478 e. The van der Waals surface area contributed by atoms with E-state index in [4.69, 9.17) is 14.2 Å². The number of carbonyl (C=O) groups excluding carboxylic acids is 1. The highest BCUT2D eigenvalue weighted by Crippen LogP contribution is 2.29. The first-order valence-corrected chi connectivity index (χ1v) is 5.65. The topological polar surface area (TPSA) is 99.2 Å². The molecule has 0 aliphatic heterocycles. The van der Waals surface area contributed by atoms with Crippen molar-refractivity contribution in [1.82, 2.24) is 20.2 Å². The molecule has 2 aromatic heterocycles. The van der Waals surface area contributed by atoms with Crippen LogP contribution in [0.4, 0.5) is 13.2 Å². The van der Waals surface area contributed by atoms with Crippen LogP contribution in [-0.2, 0) is 6.18 Å². The SMILES string of the molecule is COc1ncc(OC(=O)c2cc(C(F)(F)F)[nH]n2)c(OC)n1. The molecule has 0 aliphatic carbocycles. The first-order valence-electron chi connectivity index (χ1n) is 5.65. The van der Waals surface area contributed by atoms with Crippen molar-refractivity contribution in [2.75, 3.05) is 14.2 Å². The van der Waals surface area contributed by atoms with E-state index in [1.165, 1.54) is 14.2 Å². The van der Waals surface area contributed by atoms with Crippen molar-refractivity contribution >= 4 is 5.97 Å². The van der Waals surface area contributed by atoms with Gasteiger partial charge in [-0.15, -0.1) is 0 Å². The maximum Gasteiger partial charge on any atom is 0.432 e. The Morgan fingerprint density at radius 3 is 2.55 bits per heavy atom. The molecule has 0 fully saturated rings. The van der Waals surface area contributed by atoms with Crippen LogP contribution in [0.3, 0.4) is 0 Å². The Balaban J connectivity index is 2.20. The number of aromatic nitrogens is 4. The van der Waals surface area contributed by atoms with E-state index in [1.54, 1.807) is 5.10 Å². The Morgan fingerprint density at radius 1 is 1.27 bits per heavy atom. The Hall–Kier alpha value is -2.85. The Morgan fingerprint density at radius 2 is 2.00 bits per heavy atom. The van der Waals surface area contributed by atoms with Crippen molar-refractivity contribution in [2.24, 2.45) is 0 Å². The summed E-state index contributed by atoms with van der Waals surface area (Å²) >= 11 is 0. The van der Waals surface area contributed by atoms with Gasteiger partial charge in [0.1, 0.15) is 5.69 Å². The second kappa shape index (κ2) is 5.87. The number of aromatic amines is 1. The normalized spacial score (nSPS) is 11.1. The predicted octanol–water partition coefficient (Wildman–Crippen LogP) is 1.45. The van der Waals surface area contributed by atoms with Crippen LogP contribution < -0.4 is 14.2 Å². The van der Waals surface area contributed by atoms with E-state index < -0.39 is 23.5 Å². The van der Waals surface area contributed by atoms with Crippen molar-refractivity contribution < 1.29 is 32.2 Å². The summed E-state index contributed by atoms with van der Waals surface area (Å²) in [5.74, 6) is -1.43.